The van der Waals surface area contributed by atoms with Crippen molar-refractivity contribution in [2.75, 3.05) is 13.9 Å². The molecule has 0 unspecified atom stereocenters. The summed E-state index contributed by atoms with van der Waals surface area (Å²) in [6, 6.07) is 1.50. The molecule has 1 aliphatic rings. The average molecular weight is 200 g/mol. The smallest absolute Gasteiger partial charge is 0.231 e. The lowest BCUT2D eigenvalue weighted by Gasteiger charge is -2.08. The van der Waals surface area contributed by atoms with Gasteiger partial charge in [0.05, 0.1) is 13.7 Å². The van der Waals surface area contributed by atoms with E-state index < -0.39 is 5.82 Å². The molecule has 4 nitrogen and oxygen atoms in total. The maximum absolute atomic E-state index is 13.6. The van der Waals surface area contributed by atoms with Gasteiger partial charge in [-0.15, -0.1) is 0 Å². The first-order chi connectivity index (χ1) is 6.77. The summed E-state index contributed by atoms with van der Waals surface area (Å²) in [5, 5.41) is 8.96. The summed E-state index contributed by atoms with van der Waals surface area (Å²) in [4.78, 5) is 0. The molecule has 0 fully saturated rings. The van der Waals surface area contributed by atoms with E-state index in [1.54, 1.807) is 0 Å². The molecule has 14 heavy (non-hydrogen) atoms. The molecule has 2 rings (SSSR count). The second kappa shape index (κ2) is 3.34. The van der Waals surface area contributed by atoms with Crippen molar-refractivity contribution in [3.63, 3.8) is 0 Å². The summed E-state index contributed by atoms with van der Waals surface area (Å²) in [5.74, 6) is -0.297. The van der Waals surface area contributed by atoms with Gasteiger partial charge in [0.2, 0.25) is 18.4 Å². The number of aliphatic hydroxyl groups is 1. The number of methoxy groups -OCH3 is 1. The zero-order chi connectivity index (χ0) is 10.1. The van der Waals surface area contributed by atoms with Gasteiger partial charge in [-0.2, -0.15) is 4.39 Å². The third kappa shape index (κ3) is 1.17. The van der Waals surface area contributed by atoms with Gasteiger partial charge in [0.25, 0.3) is 0 Å². The van der Waals surface area contributed by atoms with Gasteiger partial charge in [0.15, 0.2) is 11.5 Å². The second-order valence-corrected chi connectivity index (χ2v) is 2.77. The van der Waals surface area contributed by atoms with Crippen LogP contribution in [0.25, 0.3) is 0 Å². The van der Waals surface area contributed by atoms with E-state index in [2.05, 4.69) is 0 Å². The van der Waals surface area contributed by atoms with E-state index in [1.165, 1.54) is 13.2 Å². The Hall–Kier alpha value is -1.49. The van der Waals surface area contributed by atoms with Crippen LogP contribution >= 0.6 is 0 Å². The fraction of sp³-hybridized carbons (Fsp3) is 0.333. The third-order valence-electron chi connectivity index (χ3n) is 2.01. The molecule has 1 N–H and O–H groups in total. The Bertz CT molecular complexity index is 364. The molecule has 76 valence electrons. The summed E-state index contributed by atoms with van der Waals surface area (Å²) in [7, 11) is 1.33. The number of aliphatic hydroxyl groups excluding tert-OH is 1. The average Bonchev–Trinajstić information content (AvgIpc) is 2.65. The maximum atomic E-state index is 13.6. The molecule has 0 saturated carbocycles. The molecule has 1 aliphatic heterocycles. The lowest BCUT2D eigenvalue weighted by atomic mass is 10.1. The molecule has 0 atom stereocenters. The number of hydrogen-bond acceptors (Lipinski definition) is 4. The van der Waals surface area contributed by atoms with Crippen LogP contribution < -0.4 is 14.2 Å². The highest BCUT2D eigenvalue weighted by Crippen LogP contribution is 2.41. The molecular formula is C9H9FO4. The summed E-state index contributed by atoms with van der Waals surface area (Å²) in [5.41, 5.74) is 0.342. The number of benzene rings is 1. The Morgan fingerprint density at radius 3 is 3.00 bits per heavy atom. The first kappa shape index (κ1) is 9.08. The highest BCUT2D eigenvalue weighted by molar-refractivity contribution is 5.53. The lowest BCUT2D eigenvalue weighted by Crippen LogP contribution is -1.96. The SMILES string of the molecule is COc1c(CO)cc2c(c1F)OCO2. The molecule has 1 aromatic carbocycles. The van der Waals surface area contributed by atoms with E-state index in [4.69, 9.17) is 19.3 Å². The molecule has 1 heterocycles. The van der Waals surface area contributed by atoms with Crippen LogP contribution in [0.2, 0.25) is 0 Å². The quantitative estimate of drug-likeness (QED) is 0.775. The van der Waals surface area contributed by atoms with Crippen LogP contribution in [0, 0.1) is 5.82 Å². The van der Waals surface area contributed by atoms with Gasteiger partial charge in [0.1, 0.15) is 0 Å². The van der Waals surface area contributed by atoms with Gasteiger partial charge < -0.3 is 19.3 Å². The van der Waals surface area contributed by atoms with Crippen molar-refractivity contribution in [2.24, 2.45) is 0 Å². The van der Waals surface area contributed by atoms with Crippen molar-refractivity contribution in [1.29, 1.82) is 0 Å². The summed E-state index contributed by atoms with van der Waals surface area (Å²) >= 11 is 0. The Kier molecular flexibility index (Phi) is 2.17. The minimum absolute atomic E-state index is 0.00301. The maximum Gasteiger partial charge on any atom is 0.231 e. The zero-order valence-electron chi connectivity index (χ0n) is 7.54. The van der Waals surface area contributed by atoms with Crippen molar-refractivity contribution >= 4 is 0 Å². The van der Waals surface area contributed by atoms with E-state index in [1.807, 2.05) is 0 Å². The van der Waals surface area contributed by atoms with Crippen LogP contribution in [0.15, 0.2) is 6.07 Å². The molecule has 0 spiro atoms. The summed E-state index contributed by atoms with van der Waals surface area (Å²) < 4.78 is 28.3. The highest BCUT2D eigenvalue weighted by atomic mass is 19.1. The second-order valence-electron chi connectivity index (χ2n) is 2.77. The highest BCUT2D eigenvalue weighted by Gasteiger charge is 2.24. The largest absolute Gasteiger partial charge is 0.493 e. The fourth-order valence-electron chi connectivity index (χ4n) is 1.37. The Morgan fingerprint density at radius 1 is 1.57 bits per heavy atom. The van der Waals surface area contributed by atoms with Gasteiger partial charge in [-0.3, -0.25) is 0 Å². The number of hydrogen-bond donors (Lipinski definition) is 1. The minimum Gasteiger partial charge on any atom is -0.493 e. The van der Waals surface area contributed by atoms with E-state index in [-0.39, 0.29) is 24.9 Å². The van der Waals surface area contributed by atoms with E-state index in [9.17, 15) is 4.39 Å². The van der Waals surface area contributed by atoms with Gasteiger partial charge in [-0.05, 0) is 6.07 Å². The predicted molar refractivity (Wildman–Crippen MR) is 45.0 cm³/mol. The molecule has 1 aromatic rings. The predicted octanol–water partition coefficient (Wildman–Crippen LogP) is 1.06. The summed E-state index contributed by atoms with van der Waals surface area (Å²) in [6.07, 6.45) is 0. The van der Waals surface area contributed by atoms with E-state index in [0.29, 0.717) is 11.3 Å². The van der Waals surface area contributed by atoms with Gasteiger partial charge in [-0.25, -0.2) is 0 Å². The van der Waals surface area contributed by atoms with Crippen molar-refractivity contribution in [1.82, 2.24) is 0 Å². The molecule has 0 aromatic heterocycles. The standard InChI is InChI=1S/C9H9FO4/c1-12-8-5(3-11)2-6-9(7(8)10)14-4-13-6/h2,11H,3-4H2,1H3. The number of ether oxygens (including phenoxy) is 3. The molecule has 0 radical (unpaired) electrons. The topological polar surface area (TPSA) is 47.9 Å². The van der Waals surface area contributed by atoms with Gasteiger partial charge >= 0.3 is 0 Å². The Balaban J connectivity index is 2.60. The van der Waals surface area contributed by atoms with Crippen LogP contribution in [0.3, 0.4) is 0 Å². The van der Waals surface area contributed by atoms with E-state index in [0.717, 1.165) is 0 Å². The van der Waals surface area contributed by atoms with E-state index >= 15 is 0 Å². The van der Waals surface area contributed by atoms with Crippen LogP contribution in [0.5, 0.6) is 17.2 Å². The van der Waals surface area contributed by atoms with Crippen LogP contribution in [0.1, 0.15) is 5.56 Å². The van der Waals surface area contributed by atoms with Crippen molar-refractivity contribution in [2.45, 2.75) is 6.61 Å². The van der Waals surface area contributed by atoms with Gasteiger partial charge in [-0.1, -0.05) is 0 Å². The molecule has 5 heteroatoms. The minimum atomic E-state index is -0.633. The molecule has 0 aliphatic carbocycles. The first-order valence-electron chi connectivity index (χ1n) is 4.03. The van der Waals surface area contributed by atoms with Crippen LogP contribution in [0.4, 0.5) is 4.39 Å². The first-order valence-corrected chi connectivity index (χ1v) is 4.03. The lowest BCUT2D eigenvalue weighted by molar-refractivity contribution is 0.170. The van der Waals surface area contributed by atoms with Crippen molar-refractivity contribution in [3.05, 3.63) is 17.4 Å². The zero-order valence-corrected chi connectivity index (χ0v) is 7.54. The van der Waals surface area contributed by atoms with Crippen molar-refractivity contribution in [3.8, 4) is 17.2 Å². The molecule has 0 amide bonds. The third-order valence-corrected chi connectivity index (χ3v) is 2.01. The Labute approximate surface area is 79.8 Å². The molecule has 0 saturated heterocycles. The van der Waals surface area contributed by atoms with Gasteiger partial charge in [0, 0.05) is 5.56 Å². The fourth-order valence-corrected chi connectivity index (χ4v) is 1.37. The number of rotatable bonds is 2. The molecular weight excluding hydrogens is 191 g/mol. The monoisotopic (exact) mass is 200 g/mol. The molecule has 0 bridgehead atoms. The number of halogens is 1. The Morgan fingerprint density at radius 2 is 2.36 bits per heavy atom. The van der Waals surface area contributed by atoms with Crippen LogP contribution in [-0.2, 0) is 6.61 Å². The van der Waals surface area contributed by atoms with Crippen molar-refractivity contribution < 1.29 is 23.7 Å². The van der Waals surface area contributed by atoms with Crippen LogP contribution in [-0.4, -0.2) is 19.0 Å². The normalized spacial score (nSPS) is 13.1. The number of fused-ring (bicyclic) bond motifs is 1. The summed E-state index contributed by atoms with van der Waals surface area (Å²) in [6.45, 7) is -0.318.